The summed E-state index contributed by atoms with van der Waals surface area (Å²) in [6.45, 7) is 7.08. The summed E-state index contributed by atoms with van der Waals surface area (Å²) in [5, 5.41) is 13.2. The molecule has 254 valence electrons. The van der Waals surface area contributed by atoms with Gasteiger partial charge in [-0.25, -0.2) is 13.8 Å². The Labute approximate surface area is 290 Å². The molecule has 0 spiro atoms. The Morgan fingerprint density at radius 1 is 1.08 bits per heavy atom. The smallest absolute Gasteiger partial charge is 0.246 e. The number of carbonyl (C=O) groups excluding carboxylic acids is 2. The number of benzene rings is 2. The fraction of sp³-hybridized carbons (Fsp3) is 0.270. The first-order valence-corrected chi connectivity index (χ1v) is 17.2. The molecule has 2 aliphatic rings. The minimum Gasteiger partial charge on any atom is -0.492 e. The van der Waals surface area contributed by atoms with Gasteiger partial charge in [0.1, 0.15) is 28.8 Å². The molecular formula is C37H33F2N7O3S. The second kappa shape index (κ2) is 12.2. The first kappa shape index (κ1) is 31.8. The van der Waals surface area contributed by atoms with Crippen molar-refractivity contribution in [1.29, 1.82) is 0 Å². The van der Waals surface area contributed by atoms with Gasteiger partial charge in [0.25, 0.3) is 0 Å². The van der Waals surface area contributed by atoms with Crippen LogP contribution in [0.4, 0.5) is 8.78 Å². The van der Waals surface area contributed by atoms with E-state index in [0.29, 0.717) is 48.7 Å². The van der Waals surface area contributed by atoms with Crippen LogP contribution in [-0.4, -0.2) is 72.9 Å². The largest absolute Gasteiger partial charge is 0.492 e. The molecule has 2 amide bonds. The van der Waals surface area contributed by atoms with Crippen LogP contribution in [0.3, 0.4) is 0 Å². The molecule has 0 N–H and O–H groups in total. The number of likely N-dealkylation sites (tertiary alicyclic amines) is 1. The quantitative estimate of drug-likeness (QED) is 0.175. The van der Waals surface area contributed by atoms with Crippen LogP contribution in [0.15, 0.2) is 66.7 Å². The molecule has 4 aromatic heterocycles. The van der Waals surface area contributed by atoms with Gasteiger partial charge in [-0.15, -0.1) is 11.3 Å². The van der Waals surface area contributed by atoms with Gasteiger partial charge in [-0.05, 0) is 36.6 Å². The lowest BCUT2D eigenvalue weighted by molar-refractivity contribution is -0.129. The summed E-state index contributed by atoms with van der Waals surface area (Å²) in [7, 11) is 3.60. The number of nitrogens with zero attached hydrogens (tertiary/aromatic N) is 7. The van der Waals surface area contributed by atoms with Crippen LogP contribution in [0.5, 0.6) is 5.75 Å². The highest BCUT2D eigenvalue weighted by atomic mass is 32.1. The lowest BCUT2D eigenvalue weighted by atomic mass is 9.96. The zero-order valence-corrected chi connectivity index (χ0v) is 28.5. The fourth-order valence-electron chi connectivity index (χ4n) is 7.17. The standard InChI is InChI=1S/C37H33F2N7O3S/c1-5-31(47)45-9-10-46-29(20(45)2)16-28(42-46)36-34(33-26(39)14-24(38)15-30(33)49-19-21-12-32(48)43(3)17-21)37-25(8-11-50-37)35(40-36)22-6-7-23-18-44(4)41-27(23)13-22/h5-8,11,13-16,18,20-21H,1,9-10,12,17,19H2,2-4H3/t20-,21+/m1/s1. The van der Waals surface area contributed by atoms with Crippen LogP contribution in [0.2, 0.25) is 0 Å². The molecule has 0 radical (unpaired) electrons. The average Bonchev–Trinajstić information content (AvgIpc) is 3.89. The monoisotopic (exact) mass is 693 g/mol. The predicted molar refractivity (Wildman–Crippen MR) is 187 cm³/mol. The van der Waals surface area contributed by atoms with E-state index < -0.39 is 11.6 Å². The number of hydrogen-bond acceptors (Lipinski definition) is 7. The number of pyridine rings is 1. The summed E-state index contributed by atoms with van der Waals surface area (Å²) in [4.78, 5) is 33.5. The first-order valence-electron chi connectivity index (χ1n) is 16.3. The Morgan fingerprint density at radius 2 is 1.92 bits per heavy atom. The Kier molecular flexibility index (Phi) is 7.74. The summed E-state index contributed by atoms with van der Waals surface area (Å²) in [6.07, 6.45) is 3.54. The number of hydrogen-bond donors (Lipinski definition) is 0. The van der Waals surface area contributed by atoms with E-state index in [9.17, 15) is 14.0 Å². The zero-order chi connectivity index (χ0) is 34.8. The minimum absolute atomic E-state index is 0.00170. The Hall–Kier alpha value is -5.43. The number of aromatic nitrogens is 5. The van der Waals surface area contributed by atoms with E-state index in [-0.39, 0.29) is 41.7 Å². The van der Waals surface area contributed by atoms with Gasteiger partial charge in [-0.2, -0.15) is 10.2 Å². The maximum absolute atomic E-state index is 16.3. The third-order valence-electron chi connectivity index (χ3n) is 9.63. The summed E-state index contributed by atoms with van der Waals surface area (Å²) in [6, 6.07) is 11.5. The molecule has 1 saturated heterocycles. The van der Waals surface area contributed by atoms with Crippen LogP contribution in [-0.2, 0) is 23.2 Å². The molecule has 2 aliphatic heterocycles. The molecule has 8 rings (SSSR count). The van der Waals surface area contributed by atoms with Crippen molar-refractivity contribution < 1.29 is 23.1 Å². The van der Waals surface area contributed by atoms with E-state index in [0.717, 1.165) is 38.3 Å². The van der Waals surface area contributed by atoms with Crippen LogP contribution in [0.25, 0.3) is 54.8 Å². The van der Waals surface area contributed by atoms with Crippen molar-refractivity contribution in [3.63, 3.8) is 0 Å². The number of aryl methyl sites for hydroxylation is 1. The van der Waals surface area contributed by atoms with Crippen molar-refractivity contribution in [2.75, 3.05) is 26.7 Å². The van der Waals surface area contributed by atoms with E-state index in [1.54, 1.807) is 21.5 Å². The van der Waals surface area contributed by atoms with Crippen molar-refractivity contribution in [2.45, 2.75) is 25.9 Å². The van der Waals surface area contributed by atoms with Crippen LogP contribution in [0, 0.1) is 17.6 Å². The molecule has 10 nitrogen and oxygen atoms in total. The van der Waals surface area contributed by atoms with Crippen molar-refractivity contribution in [1.82, 2.24) is 34.3 Å². The lowest BCUT2D eigenvalue weighted by Gasteiger charge is -2.33. The highest BCUT2D eigenvalue weighted by Crippen LogP contribution is 2.47. The molecule has 0 saturated carbocycles. The van der Waals surface area contributed by atoms with E-state index in [2.05, 4.69) is 11.7 Å². The maximum Gasteiger partial charge on any atom is 0.246 e. The molecule has 6 heterocycles. The number of ether oxygens (including phenoxy) is 1. The number of amides is 2. The Balaban J connectivity index is 1.34. The summed E-state index contributed by atoms with van der Waals surface area (Å²) in [5.74, 6) is -1.87. The summed E-state index contributed by atoms with van der Waals surface area (Å²) >= 11 is 1.42. The Morgan fingerprint density at radius 3 is 2.70 bits per heavy atom. The van der Waals surface area contributed by atoms with Gasteiger partial charge in [-0.3, -0.25) is 19.0 Å². The number of rotatable bonds is 7. The highest BCUT2D eigenvalue weighted by Gasteiger charge is 2.32. The van der Waals surface area contributed by atoms with E-state index in [1.165, 1.54) is 23.5 Å². The molecule has 2 aromatic carbocycles. The van der Waals surface area contributed by atoms with Gasteiger partial charge in [-0.1, -0.05) is 18.7 Å². The highest BCUT2D eigenvalue weighted by molar-refractivity contribution is 7.18. The van der Waals surface area contributed by atoms with Crippen molar-refractivity contribution in [3.05, 3.63) is 84.0 Å². The van der Waals surface area contributed by atoms with Crippen molar-refractivity contribution in [2.24, 2.45) is 13.0 Å². The van der Waals surface area contributed by atoms with Crippen LogP contribution in [0.1, 0.15) is 25.1 Å². The van der Waals surface area contributed by atoms with Gasteiger partial charge in [0.2, 0.25) is 11.8 Å². The molecular weight excluding hydrogens is 661 g/mol. The molecule has 6 aromatic rings. The molecule has 50 heavy (non-hydrogen) atoms. The zero-order valence-electron chi connectivity index (χ0n) is 27.7. The topological polar surface area (TPSA) is 98.4 Å². The SMILES string of the molecule is C=CC(=O)N1CCn2nc(-c3nc(-c4ccc5cn(C)nc5c4)c4ccsc4c3-c3c(F)cc(F)cc3OC[C@H]3CC(=O)N(C)C3)cc2[C@H]1C. The van der Waals surface area contributed by atoms with Gasteiger partial charge < -0.3 is 14.5 Å². The lowest BCUT2D eigenvalue weighted by Crippen LogP contribution is -2.40. The first-order chi connectivity index (χ1) is 24.1. The molecule has 0 bridgehead atoms. The van der Waals surface area contributed by atoms with Crippen LogP contribution >= 0.6 is 11.3 Å². The molecule has 0 unspecified atom stereocenters. The molecule has 2 atom stereocenters. The number of halogens is 2. The van der Waals surface area contributed by atoms with Crippen molar-refractivity contribution >= 4 is 44.1 Å². The Bertz CT molecular complexity index is 2360. The number of thiophene rings is 1. The van der Waals surface area contributed by atoms with E-state index >= 15 is 4.39 Å². The average molecular weight is 694 g/mol. The maximum atomic E-state index is 16.3. The summed E-state index contributed by atoms with van der Waals surface area (Å²) < 4.78 is 41.8. The molecule has 0 aliphatic carbocycles. The van der Waals surface area contributed by atoms with Crippen molar-refractivity contribution in [3.8, 4) is 39.5 Å². The van der Waals surface area contributed by atoms with Gasteiger partial charge in [0, 0.05) is 84.5 Å². The van der Waals surface area contributed by atoms with E-state index in [1.807, 2.05) is 60.6 Å². The van der Waals surface area contributed by atoms with Crippen LogP contribution < -0.4 is 4.74 Å². The van der Waals surface area contributed by atoms with Gasteiger partial charge in [0.15, 0.2) is 0 Å². The third-order valence-corrected chi connectivity index (χ3v) is 10.6. The predicted octanol–water partition coefficient (Wildman–Crippen LogP) is 6.61. The van der Waals surface area contributed by atoms with Gasteiger partial charge >= 0.3 is 0 Å². The number of carbonyl (C=O) groups is 2. The molecule has 13 heteroatoms. The number of fused-ring (bicyclic) bond motifs is 3. The summed E-state index contributed by atoms with van der Waals surface area (Å²) in [5.41, 5.74) is 4.42. The van der Waals surface area contributed by atoms with Gasteiger partial charge in [0.05, 0.1) is 41.7 Å². The second-order valence-electron chi connectivity index (χ2n) is 12.9. The normalized spacial score (nSPS) is 17.6. The van der Waals surface area contributed by atoms with E-state index in [4.69, 9.17) is 14.8 Å². The second-order valence-corrected chi connectivity index (χ2v) is 13.8. The fourth-order valence-corrected chi connectivity index (χ4v) is 8.12. The molecule has 1 fully saturated rings. The third kappa shape index (κ3) is 5.32. The minimum atomic E-state index is -0.805.